The molecule has 5 heteroatoms. The van der Waals surface area contributed by atoms with Crippen molar-refractivity contribution in [3.8, 4) is 5.75 Å². The molecule has 0 saturated heterocycles. The molecule has 0 aromatic heterocycles. The minimum absolute atomic E-state index is 0.169. The molecule has 1 aromatic rings. The zero-order chi connectivity index (χ0) is 14.7. The summed E-state index contributed by atoms with van der Waals surface area (Å²) in [5.41, 5.74) is 0.942. The monoisotopic (exact) mass is 277 g/mol. The van der Waals surface area contributed by atoms with Gasteiger partial charge in [0.2, 0.25) is 5.91 Å². The van der Waals surface area contributed by atoms with Crippen molar-refractivity contribution in [2.75, 3.05) is 6.61 Å². The van der Waals surface area contributed by atoms with Gasteiger partial charge in [-0.25, -0.2) is 0 Å². The van der Waals surface area contributed by atoms with Crippen LogP contribution in [0.5, 0.6) is 5.75 Å². The Hall–Kier alpha value is -2.04. The summed E-state index contributed by atoms with van der Waals surface area (Å²) >= 11 is 0. The zero-order valence-electron chi connectivity index (χ0n) is 11.6. The highest BCUT2D eigenvalue weighted by molar-refractivity contribution is 5.89. The third-order valence-corrected chi connectivity index (χ3v) is 3.47. The van der Waals surface area contributed by atoms with Crippen LogP contribution in [0.3, 0.4) is 0 Å². The highest BCUT2D eigenvalue weighted by atomic mass is 16.5. The van der Waals surface area contributed by atoms with Crippen molar-refractivity contribution in [3.63, 3.8) is 0 Å². The average molecular weight is 277 g/mol. The quantitative estimate of drug-likeness (QED) is 0.833. The largest absolute Gasteiger partial charge is 0.494 e. The second-order valence-corrected chi connectivity index (χ2v) is 5.02. The first kappa shape index (κ1) is 14.4. The molecule has 1 fully saturated rings. The summed E-state index contributed by atoms with van der Waals surface area (Å²) < 4.78 is 5.42. The van der Waals surface area contributed by atoms with Crippen LogP contribution in [0.15, 0.2) is 24.3 Å². The van der Waals surface area contributed by atoms with Crippen LogP contribution < -0.4 is 10.1 Å². The number of hydrogen-bond donors (Lipinski definition) is 2. The molecular formula is C15H19NO4. The van der Waals surface area contributed by atoms with Gasteiger partial charge in [-0.15, -0.1) is 0 Å². The van der Waals surface area contributed by atoms with Gasteiger partial charge in [0.1, 0.15) is 5.75 Å². The van der Waals surface area contributed by atoms with Crippen LogP contribution in [0.25, 0.3) is 0 Å². The lowest BCUT2D eigenvalue weighted by atomic mass is 10.1. The van der Waals surface area contributed by atoms with Crippen molar-refractivity contribution in [2.45, 2.75) is 26.3 Å². The van der Waals surface area contributed by atoms with E-state index in [4.69, 9.17) is 9.84 Å². The Balaban J connectivity index is 1.94. The molecular weight excluding hydrogens is 258 g/mol. The van der Waals surface area contributed by atoms with E-state index in [1.807, 2.05) is 38.1 Å². The maximum atomic E-state index is 11.9. The lowest BCUT2D eigenvalue weighted by molar-refractivity contribution is -0.140. The van der Waals surface area contributed by atoms with E-state index < -0.39 is 11.9 Å². The number of carbonyl (C=O) groups is 2. The smallest absolute Gasteiger partial charge is 0.307 e. The molecule has 20 heavy (non-hydrogen) atoms. The molecule has 0 spiro atoms. The van der Waals surface area contributed by atoms with E-state index in [0.29, 0.717) is 13.0 Å². The maximum Gasteiger partial charge on any atom is 0.307 e. The van der Waals surface area contributed by atoms with E-state index in [1.54, 1.807) is 0 Å². The molecule has 0 radical (unpaired) electrons. The van der Waals surface area contributed by atoms with Gasteiger partial charge in [0.25, 0.3) is 0 Å². The fraction of sp³-hybridized carbons (Fsp3) is 0.467. The molecule has 0 unspecified atom stereocenters. The van der Waals surface area contributed by atoms with Crippen LogP contribution in [0.4, 0.5) is 0 Å². The highest BCUT2D eigenvalue weighted by Gasteiger charge is 2.48. The molecule has 1 aliphatic carbocycles. The van der Waals surface area contributed by atoms with E-state index in [0.717, 1.165) is 11.3 Å². The van der Waals surface area contributed by atoms with Gasteiger partial charge in [-0.1, -0.05) is 12.1 Å². The average Bonchev–Trinajstić information content (AvgIpc) is 3.19. The Kier molecular flexibility index (Phi) is 4.27. The van der Waals surface area contributed by atoms with Crippen molar-refractivity contribution >= 4 is 11.9 Å². The molecule has 5 nitrogen and oxygen atoms in total. The van der Waals surface area contributed by atoms with E-state index >= 15 is 0 Å². The van der Waals surface area contributed by atoms with Gasteiger partial charge in [-0.05, 0) is 38.0 Å². The number of aliphatic carboxylic acids is 1. The van der Waals surface area contributed by atoms with Crippen LogP contribution in [-0.2, 0) is 9.59 Å². The van der Waals surface area contributed by atoms with Crippen LogP contribution >= 0.6 is 0 Å². The summed E-state index contributed by atoms with van der Waals surface area (Å²) in [7, 11) is 0. The second-order valence-electron chi connectivity index (χ2n) is 5.02. The van der Waals surface area contributed by atoms with Crippen LogP contribution in [0.1, 0.15) is 31.9 Å². The predicted octanol–water partition coefficient (Wildman–Crippen LogP) is 1.98. The first-order valence-electron chi connectivity index (χ1n) is 6.79. The summed E-state index contributed by atoms with van der Waals surface area (Å²) in [5, 5.41) is 11.7. The normalized spacial score (nSPS) is 21.9. The Bertz CT molecular complexity index is 514. The van der Waals surface area contributed by atoms with Gasteiger partial charge >= 0.3 is 5.97 Å². The third-order valence-electron chi connectivity index (χ3n) is 3.47. The number of nitrogens with one attached hydrogen (secondary N) is 1. The van der Waals surface area contributed by atoms with Crippen LogP contribution in [0, 0.1) is 11.8 Å². The molecule has 1 saturated carbocycles. The van der Waals surface area contributed by atoms with E-state index in [-0.39, 0.29) is 17.9 Å². The number of amides is 1. The summed E-state index contributed by atoms with van der Waals surface area (Å²) in [5.74, 6) is -1.22. The Morgan fingerprint density at radius 3 is 2.80 bits per heavy atom. The molecule has 1 amide bonds. The van der Waals surface area contributed by atoms with Gasteiger partial charge in [0, 0.05) is 0 Å². The lowest BCUT2D eigenvalue weighted by Gasteiger charge is -2.15. The number of hydrogen-bond acceptors (Lipinski definition) is 3. The first-order chi connectivity index (χ1) is 9.52. The topological polar surface area (TPSA) is 75.6 Å². The first-order valence-corrected chi connectivity index (χ1v) is 6.79. The lowest BCUT2D eigenvalue weighted by Crippen LogP contribution is -2.29. The van der Waals surface area contributed by atoms with Gasteiger partial charge < -0.3 is 15.2 Å². The van der Waals surface area contributed by atoms with Crippen molar-refractivity contribution in [3.05, 3.63) is 29.8 Å². The molecule has 0 aliphatic heterocycles. The van der Waals surface area contributed by atoms with Crippen LogP contribution in [0.2, 0.25) is 0 Å². The Morgan fingerprint density at radius 2 is 2.20 bits per heavy atom. The van der Waals surface area contributed by atoms with Gasteiger partial charge in [0.05, 0.1) is 24.5 Å². The SMILES string of the molecule is CCOc1cccc([C@H](C)NC(=O)[C@@H]2C[C@H]2C(=O)O)c1. The Labute approximate surface area is 117 Å². The number of benzene rings is 1. The summed E-state index contributed by atoms with van der Waals surface area (Å²) in [6, 6.07) is 7.37. The molecule has 0 bridgehead atoms. The van der Waals surface area contributed by atoms with E-state index in [1.165, 1.54) is 0 Å². The van der Waals surface area contributed by atoms with Crippen molar-refractivity contribution in [2.24, 2.45) is 11.8 Å². The van der Waals surface area contributed by atoms with Crippen molar-refractivity contribution in [1.82, 2.24) is 5.32 Å². The van der Waals surface area contributed by atoms with E-state index in [2.05, 4.69) is 5.32 Å². The summed E-state index contributed by atoms with van der Waals surface area (Å²) in [6.07, 6.45) is 0.437. The zero-order valence-corrected chi connectivity index (χ0v) is 11.6. The third kappa shape index (κ3) is 3.29. The summed E-state index contributed by atoms with van der Waals surface area (Å²) in [4.78, 5) is 22.7. The number of carboxylic acids is 1. The molecule has 2 rings (SSSR count). The molecule has 108 valence electrons. The Morgan fingerprint density at radius 1 is 1.45 bits per heavy atom. The van der Waals surface area contributed by atoms with Gasteiger partial charge in [-0.3, -0.25) is 9.59 Å². The van der Waals surface area contributed by atoms with Gasteiger partial charge in [0.15, 0.2) is 0 Å². The van der Waals surface area contributed by atoms with Crippen molar-refractivity contribution in [1.29, 1.82) is 0 Å². The number of carbonyl (C=O) groups excluding carboxylic acids is 1. The minimum Gasteiger partial charge on any atom is -0.494 e. The number of ether oxygens (including phenoxy) is 1. The molecule has 0 heterocycles. The molecule has 2 N–H and O–H groups in total. The van der Waals surface area contributed by atoms with Crippen molar-refractivity contribution < 1.29 is 19.4 Å². The van der Waals surface area contributed by atoms with Crippen LogP contribution in [-0.4, -0.2) is 23.6 Å². The maximum absolute atomic E-state index is 11.9. The predicted molar refractivity (Wildman–Crippen MR) is 73.4 cm³/mol. The summed E-state index contributed by atoms with van der Waals surface area (Å²) in [6.45, 7) is 4.38. The highest BCUT2D eigenvalue weighted by Crippen LogP contribution is 2.39. The van der Waals surface area contributed by atoms with E-state index in [9.17, 15) is 9.59 Å². The number of rotatable bonds is 6. The molecule has 1 aliphatic rings. The number of carboxylic acid groups (broad SMARTS) is 1. The van der Waals surface area contributed by atoms with Gasteiger partial charge in [-0.2, -0.15) is 0 Å². The molecule has 1 aromatic carbocycles. The molecule has 3 atom stereocenters. The second kappa shape index (κ2) is 5.94. The fourth-order valence-electron chi connectivity index (χ4n) is 2.20. The standard InChI is InChI=1S/C15H19NO4/c1-3-20-11-6-4-5-10(7-11)9(2)16-14(17)12-8-13(12)15(18)19/h4-7,9,12-13H,3,8H2,1-2H3,(H,16,17)(H,18,19)/t9-,12+,13+/m0/s1. The fourth-order valence-corrected chi connectivity index (χ4v) is 2.20. The minimum atomic E-state index is -0.892.